The molecule has 0 saturated heterocycles. The van der Waals surface area contributed by atoms with Crippen molar-refractivity contribution >= 4 is 11.9 Å². The molecule has 1 N–H and O–H groups in total. The molecule has 0 heterocycles. The lowest BCUT2D eigenvalue weighted by atomic mass is 9.75. The second-order valence-electron chi connectivity index (χ2n) is 6.81. The van der Waals surface area contributed by atoms with Gasteiger partial charge in [0.15, 0.2) is 0 Å². The summed E-state index contributed by atoms with van der Waals surface area (Å²) in [6.45, 7) is 1.86. The van der Waals surface area contributed by atoms with Gasteiger partial charge >= 0.3 is 5.97 Å². The van der Waals surface area contributed by atoms with Crippen molar-refractivity contribution in [1.82, 2.24) is 5.32 Å². The van der Waals surface area contributed by atoms with Crippen LogP contribution in [0.4, 0.5) is 0 Å². The Balaban J connectivity index is 2.31. The number of carbonyl (C=O) groups excluding carboxylic acids is 2. The van der Waals surface area contributed by atoms with Crippen LogP contribution in [0.2, 0.25) is 0 Å². The Kier molecular flexibility index (Phi) is 7.76. The van der Waals surface area contributed by atoms with Crippen LogP contribution < -0.4 is 5.32 Å². The lowest BCUT2D eigenvalue weighted by Gasteiger charge is -2.31. The molecule has 0 fully saturated rings. The van der Waals surface area contributed by atoms with E-state index in [1.165, 1.54) is 7.11 Å². The van der Waals surface area contributed by atoms with Crippen LogP contribution in [-0.4, -0.2) is 25.0 Å². The van der Waals surface area contributed by atoms with Gasteiger partial charge in [0, 0.05) is 6.42 Å². The normalized spacial score (nSPS) is 11.9. The number of amides is 1. The van der Waals surface area contributed by atoms with Crippen molar-refractivity contribution in [3.8, 4) is 6.07 Å². The molecule has 0 spiro atoms. The number of unbranched alkanes of at least 4 members (excludes halogenated alkanes) is 2. The molecule has 1 amide bonds. The van der Waals surface area contributed by atoms with Crippen LogP contribution in [0.1, 0.15) is 43.7 Å². The summed E-state index contributed by atoms with van der Waals surface area (Å²) in [5.74, 6) is -0.741. The highest BCUT2D eigenvalue weighted by Crippen LogP contribution is 2.32. The third-order valence-electron chi connectivity index (χ3n) is 4.98. The first-order valence-electron chi connectivity index (χ1n) is 9.40. The maximum atomic E-state index is 13.4. The molecule has 146 valence electrons. The van der Waals surface area contributed by atoms with Crippen molar-refractivity contribution in [2.24, 2.45) is 0 Å². The zero-order valence-corrected chi connectivity index (χ0v) is 16.4. The van der Waals surface area contributed by atoms with Crippen molar-refractivity contribution in [3.05, 3.63) is 71.8 Å². The van der Waals surface area contributed by atoms with Gasteiger partial charge in [-0.25, -0.2) is 4.79 Å². The van der Waals surface area contributed by atoms with Crippen molar-refractivity contribution in [2.75, 3.05) is 7.11 Å². The molecule has 0 unspecified atom stereocenters. The number of hydrogen-bond donors (Lipinski definition) is 1. The van der Waals surface area contributed by atoms with Gasteiger partial charge in [0.05, 0.1) is 18.6 Å². The predicted molar refractivity (Wildman–Crippen MR) is 107 cm³/mol. The molecule has 0 saturated carbocycles. The number of hydrogen-bond acceptors (Lipinski definition) is 4. The Bertz CT molecular complexity index is 773. The number of nitrogens with one attached hydrogen (secondary N) is 1. The maximum Gasteiger partial charge on any atom is 0.328 e. The molecule has 2 rings (SSSR count). The summed E-state index contributed by atoms with van der Waals surface area (Å²) in [7, 11) is 1.31. The lowest BCUT2D eigenvalue weighted by Crippen LogP contribution is -2.50. The first-order chi connectivity index (χ1) is 13.5. The fourth-order valence-corrected chi connectivity index (χ4v) is 3.22. The molecule has 1 atom stereocenters. The van der Waals surface area contributed by atoms with Gasteiger partial charge in [0.25, 0.3) is 0 Å². The van der Waals surface area contributed by atoms with Gasteiger partial charge < -0.3 is 10.1 Å². The molecule has 2 aromatic carbocycles. The van der Waals surface area contributed by atoms with E-state index in [-0.39, 0.29) is 5.91 Å². The van der Waals surface area contributed by atoms with Crippen LogP contribution in [0.15, 0.2) is 60.7 Å². The largest absolute Gasteiger partial charge is 0.467 e. The Morgan fingerprint density at radius 3 is 2.04 bits per heavy atom. The molecule has 0 aromatic heterocycles. The van der Waals surface area contributed by atoms with E-state index in [0.717, 1.165) is 11.1 Å². The molecule has 0 radical (unpaired) electrons. The van der Waals surface area contributed by atoms with E-state index in [0.29, 0.717) is 25.7 Å². The summed E-state index contributed by atoms with van der Waals surface area (Å²) in [6, 6.07) is 20.4. The number of rotatable bonds is 9. The molecular weight excluding hydrogens is 352 g/mol. The van der Waals surface area contributed by atoms with Crippen molar-refractivity contribution < 1.29 is 14.3 Å². The van der Waals surface area contributed by atoms with Crippen LogP contribution in [0.5, 0.6) is 0 Å². The minimum absolute atomic E-state index is 0.263. The number of ether oxygens (including phenoxy) is 1. The highest BCUT2D eigenvalue weighted by atomic mass is 16.5. The van der Waals surface area contributed by atoms with E-state index in [1.807, 2.05) is 67.6 Å². The molecule has 5 heteroatoms. The number of nitrogens with zero attached hydrogens (tertiary/aromatic N) is 1. The Morgan fingerprint density at radius 2 is 1.57 bits per heavy atom. The fourth-order valence-electron chi connectivity index (χ4n) is 3.22. The summed E-state index contributed by atoms with van der Waals surface area (Å²) >= 11 is 0. The minimum atomic E-state index is -0.957. The highest BCUT2D eigenvalue weighted by molar-refractivity contribution is 5.94. The van der Waals surface area contributed by atoms with E-state index in [4.69, 9.17) is 10.00 Å². The minimum Gasteiger partial charge on any atom is -0.467 e. The second kappa shape index (κ2) is 10.3. The van der Waals surface area contributed by atoms with E-state index in [9.17, 15) is 9.59 Å². The summed E-state index contributed by atoms with van der Waals surface area (Å²) in [4.78, 5) is 25.6. The average Bonchev–Trinajstić information content (AvgIpc) is 2.75. The molecule has 5 nitrogen and oxygen atoms in total. The third-order valence-corrected chi connectivity index (χ3v) is 4.98. The monoisotopic (exact) mass is 378 g/mol. The quantitative estimate of drug-likeness (QED) is 0.533. The number of carbonyl (C=O) groups is 2. The molecule has 2 aromatic rings. The number of benzene rings is 2. The van der Waals surface area contributed by atoms with Crippen LogP contribution in [0, 0.1) is 11.3 Å². The average molecular weight is 378 g/mol. The standard InChI is InChI=1S/C23H26N2O3/c1-23(18-12-6-3-7-13-18,19-14-8-4-9-15-19)22(27)25-20(21(26)28-2)16-10-5-11-17-24/h3-4,6-9,12-15,20H,5,10-11,16H2,1-2H3,(H,25,27)/t20-/m0/s1. The van der Waals surface area contributed by atoms with Gasteiger partial charge in [-0.05, 0) is 37.3 Å². The summed E-state index contributed by atoms with van der Waals surface area (Å²) in [5.41, 5.74) is 0.722. The van der Waals surface area contributed by atoms with Gasteiger partial charge in [-0.3, -0.25) is 4.79 Å². The topological polar surface area (TPSA) is 79.2 Å². The zero-order chi connectivity index (χ0) is 20.4. The lowest BCUT2D eigenvalue weighted by molar-refractivity contribution is -0.145. The van der Waals surface area contributed by atoms with Crippen LogP contribution >= 0.6 is 0 Å². The van der Waals surface area contributed by atoms with E-state index in [1.54, 1.807) is 0 Å². The fraction of sp³-hybridized carbons (Fsp3) is 0.348. The Labute approximate surface area is 166 Å². The predicted octanol–water partition coefficient (Wildman–Crippen LogP) is 3.73. The first-order valence-corrected chi connectivity index (χ1v) is 9.40. The van der Waals surface area contributed by atoms with E-state index < -0.39 is 17.4 Å². The summed E-state index contributed by atoms with van der Waals surface area (Å²) < 4.78 is 4.88. The van der Waals surface area contributed by atoms with Gasteiger partial charge in [0.2, 0.25) is 5.91 Å². The van der Waals surface area contributed by atoms with Gasteiger partial charge in [-0.15, -0.1) is 0 Å². The van der Waals surface area contributed by atoms with Crippen LogP contribution in [-0.2, 0) is 19.7 Å². The van der Waals surface area contributed by atoms with Gasteiger partial charge in [-0.1, -0.05) is 60.7 Å². The van der Waals surface area contributed by atoms with Gasteiger partial charge in [0.1, 0.15) is 6.04 Å². The number of nitriles is 1. The van der Waals surface area contributed by atoms with Crippen molar-refractivity contribution in [2.45, 2.75) is 44.1 Å². The SMILES string of the molecule is COC(=O)[C@H](CCCCC#N)NC(=O)C(C)(c1ccccc1)c1ccccc1. The van der Waals surface area contributed by atoms with Crippen molar-refractivity contribution in [3.63, 3.8) is 0 Å². The van der Waals surface area contributed by atoms with Crippen LogP contribution in [0.25, 0.3) is 0 Å². The Morgan fingerprint density at radius 1 is 1.04 bits per heavy atom. The summed E-state index contributed by atoms with van der Waals surface area (Å²) in [6.07, 6.45) is 2.18. The molecule has 0 bridgehead atoms. The smallest absolute Gasteiger partial charge is 0.328 e. The third kappa shape index (κ3) is 4.98. The maximum absolute atomic E-state index is 13.4. The number of methoxy groups -OCH3 is 1. The highest BCUT2D eigenvalue weighted by Gasteiger charge is 2.39. The Hall–Kier alpha value is -3.13. The van der Waals surface area contributed by atoms with Gasteiger partial charge in [-0.2, -0.15) is 5.26 Å². The molecule has 28 heavy (non-hydrogen) atoms. The van der Waals surface area contributed by atoms with Crippen molar-refractivity contribution in [1.29, 1.82) is 5.26 Å². The van der Waals surface area contributed by atoms with Crippen LogP contribution in [0.3, 0.4) is 0 Å². The molecule has 0 aliphatic rings. The molecule has 0 aliphatic carbocycles. The molecular formula is C23H26N2O3. The zero-order valence-electron chi connectivity index (χ0n) is 16.4. The molecule has 0 aliphatic heterocycles. The second-order valence-corrected chi connectivity index (χ2v) is 6.81. The first kappa shape index (κ1) is 21.2. The van der Waals surface area contributed by atoms with E-state index in [2.05, 4.69) is 11.4 Å². The summed E-state index contributed by atoms with van der Waals surface area (Å²) in [5, 5.41) is 11.6. The number of esters is 1. The van der Waals surface area contributed by atoms with E-state index >= 15 is 0 Å².